The van der Waals surface area contributed by atoms with Gasteiger partial charge >= 0.3 is 0 Å². The fourth-order valence-electron chi connectivity index (χ4n) is 10.7. The molecule has 5 heteroatoms. The molecule has 0 aromatic heterocycles. The number of aliphatic hydroxyl groups is 5. The molecule has 0 unspecified atom stereocenters. The first-order valence-corrected chi connectivity index (χ1v) is 14.1. The van der Waals surface area contributed by atoms with Crippen molar-refractivity contribution in [3.8, 4) is 0 Å². The quantitative estimate of drug-likeness (QED) is 0.376. The van der Waals surface area contributed by atoms with E-state index in [1.54, 1.807) is 0 Å². The summed E-state index contributed by atoms with van der Waals surface area (Å²) in [6, 6.07) is 0. The lowest BCUT2D eigenvalue weighted by molar-refractivity contribution is -0.232. The Hall–Kier alpha value is -0.460. The molecule has 35 heavy (non-hydrogen) atoms. The second-order valence-electron chi connectivity index (χ2n) is 15.1. The molecule has 0 bridgehead atoms. The topological polar surface area (TPSA) is 101 Å². The summed E-state index contributed by atoms with van der Waals surface area (Å²) in [6.07, 6.45) is 7.36. The number of allylic oxidation sites excluding steroid dienone is 2. The SMILES string of the molecule is CC1(C)C[C@@H]2C3=CC[C@@H]4[C@@]5(C)CC[C@H](O)[C@@](C)(CO)[C@@H]5CC[C@@]4(C)[C@]3(C)C[C@@H](O)[C@@]2(CO)C[C@@H]1O. The van der Waals surface area contributed by atoms with Gasteiger partial charge in [-0.3, -0.25) is 0 Å². The maximum Gasteiger partial charge on any atom is 0.0633 e. The lowest BCUT2D eigenvalue weighted by Crippen LogP contribution is -2.68. The first-order valence-electron chi connectivity index (χ1n) is 14.1. The van der Waals surface area contributed by atoms with Crippen LogP contribution in [0.15, 0.2) is 11.6 Å². The highest BCUT2D eigenvalue weighted by Gasteiger charge is 2.70. The Morgan fingerprint density at radius 1 is 0.771 bits per heavy atom. The summed E-state index contributed by atoms with van der Waals surface area (Å²) in [6.45, 7) is 13.5. The van der Waals surface area contributed by atoms with Crippen molar-refractivity contribution in [3.63, 3.8) is 0 Å². The average Bonchev–Trinajstić information content (AvgIpc) is 2.78. The standard InChI is InChI=1S/C30H50O5/c1-25(2)13-19-18-7-8-21-26(3)11-10-22(33)27(4,16-31)20(26)9-12-28(21,5)29(18,6)14-24(35)30(19,17-32)15-23(25)34/h7,19-24,31-35H,8-17H2,1-6H3/t19-,20-,21-,22+,23+,24-,26+,27+,28-,29-,30-/m1/s1. The maximum atomic E-state index is 11.7. The minimum atomic E-state index is -0.672. The molecule has 0 spiro atoms. The molecule has 5 N–H and O–H groups in total. The smallest absolute Gasteiger partial charge is 0.0633 e. The first kappa shape index (κ1) is 26.2. The van der Waals surface area contributed by atoms with Crippen LogP contribution in [-0.2, 0) is 0 Å². The molecule has 0 saturated heterocycles. The normalized spacial score (nSPS) is 57.3. The van der Waals surface area contributed by atoms with Crippen LogP contribution in [-0.4, -0.2) is 57.1 Å². The summed E-state index contributed by atoms with van der Waals surface area (Å²) in [7, 11) is 0. The van der Waals surface area contributed by atoms with Crippen molar-refractivity contribution < 1.29 is 25.5 Å². The van der Waals surface area contributed by atoms with E-state index in [4.69, 9.17) is 0 Å². The van der Waals surface area contributed by atoms with E-state index in [2.05, 4.69) is 47.6 Å². The molecule has 0 heterocycles. The molecule has 0 amide bonds. The van der Waals surface area contributed by atoms with Crippen LogP contribution in [0.1, 0.15) is 92.9 Å². The Morgan fingerprint density at radius 2 is 1.46 bits per heavy atom. The fourth-order valence-corrected chi connectivity index (χ4v) is 10.7. The number of hydrogen-bond donors (Lipinski definition) is 5. The minimum Gasteiger partial charge on any atom is -0.396 e. The van der Waals surface area contributed by atoms with Gasteiger partial charge in [0.05, 0.1) is 31.5 Å². The van der Waals surface area contributed by atoms with Gasteiger partial charge in [0, 0.05) is 10.8 Å². The van der Waals surface area contributed by atoms with Gasteiger partial charge in [-0.05, 0) is 90.8 Å². The lowest BCUT2D eigenvalue weighted by Gasteiger charge is -2.72. The van der Waals surface area contributed by atoms with Gasteiger partial charge < -0.3 is 25.5 Å². The van der Waals surface area contributed by atoms with Gasteiger partial charge in [-0.2, -0.15) is 0 Å². The van der Waals surface area contributed by atoms with Gasteiger partial charge in [-0.15, -0.1) is 0 Å². The highest BCUT2D eigenvalue weighted by Crippen LogP contribution is 2.75. The maximum absolute atomic E-state index is 11.7. The molecule has 5 nitrogen and oxygen atoms in total. The van der Waals surface area contributed by atoms with Gasteiger partial charge in [0.15, 0.2) is 0 Å². The van der Waals surface area contributed by atoms with Crippen LogP contribution in [0.2, 0.25) is 0 Å². The summed E-state index contributed by atoms with van der Waals surface area (Å²) in [4.78, 5) is 0. The molecular weight excluding hydrogens is 440 g/mol. The van der Waals surface area contributed by atoms with Crippen LogP contribution in [0.25, 0.3) is 0 Å². The third kappa shape index (κ3) is 3.05. The number of rotatable bonds is 2. The van der Waals surface area contributed by atoms with Gasteiger partial charge in [0.1, 0.15) is 0 Å². The molecule has 0 aromatic carbocycles. The molecule has 0 radical (unpaired) electrons. The second kappa shape index (κ2) is 7.79. The van der Waals surface area contributed by atoms with Crippen LogP contribution in [0.4, 0.5) is 0 Å². The van der Waals surface area contributed by atoms with Gasteiger partial charge in [-0.25, -0.2) is 0 Å². The van der Waals surface area contributed by atoms with Crippen LogP contribution < -0.4 is 0 Å². The Balaban J connectivity index is 1.61. The molecular formula is C30H50O5. The summed E-state index contributed by atoms with van der Waals surface area (Å²) >= 11 is 0. The highest BCUT2D eigenvalue weighted by atomic mass is 16.3. The van der Waals surface area contributed by atoms with E-state index in [1.807, 2.05) is 0 Å². The Labute approximate surface area is 212 Å². The average molecular weight is 491 g/mol. The van der Waals surface area contributed by atoms with E-state index in [-0.39, 0.29) is 46.7 Å². The van der Waals surface area contributed by atoms with E-state index in [1.165, 1.54) is 5.57 Å². The first-order chi connectivity index (χ1) is 16.2. The Kier molecular flexibility index (Phi) is 5.82. The highest BCUT2D eigenvalue weighted by molar-refractivity contribution is 5.35. The second-order valence-corrected chi connectivity index (χ2v) is 15.1. The van der Waals surface area contributed by atoms with Crippen molar-refractivity contribution in [1.82, 2.24) is 0 Å². The van der Waals surface area contributed by atoms with Gasteiger partial charge in [-0.1, -0.05) is 53.2 Å². The van der Waals surface area contributed by atoms with E-state index in [0.29, 0.717) is 18.8 Å². The zero-order valence-corrected chi connectivity index (χ0v) is 22.8. The van der Waals surface area contributed by atoms with Crippen LogP contribution in [0.3, 0.4) is 0 Å². The van der Waals surface area contributed by atoms with Crippen molar-refractivity contribution >= 4 is 0 Å². The Morgan fingerprint density at radius 3 is 2.09 bits per heavy atom. The van der Waals surface area contributed by atoms with E-state index in [0.717, 1.165) is 38.5 Å². The summed E-state index contributed by atoms with van der Waals surface area (Å²) < 4.78 is 0. The van der Waals surface area contributed by atoms with Crippen LogP contribution >= 0.6 is 0 Å². The van der Waals surface area contributed by atoms with Crippen LogP contribution in [0.5, 0.6) is 0 Å². The zero-order chi connectivity index (χ0) is 25.8. The van der Waals surface area contributed by atoms with Crippen molar-refractivity contribution in [2.75, 3.05) is 13.2 Å². The monoisotopic (exact) mass is 490 g/mol. The molecule has 200 valence electrons. The molecule has 11 atom stereocenters. The van der Waals surface area contributed by atoms with Crippen molar-refractivity contribution in [2.45, 2.75) is 111 Å². The third-order valence-electron chi connectivity index (χ3n) is 13.5. The van der Waals surface area contributed by atoms with Crippen molar-refractivity contribution in [2.24, 2.45) is 50.2 Å². The fraction of sp³-hybridized carbons (Fsp3) is 0.933. The Bertz CT molecular complexity index is 899. The van der Waals surface area contributed by atoms with Crippen molar-refractivity contribution in [3.05, 3.63) is 11.6 Å². The molecule has 4 fully saturated rings. The third-order valence-corrected chi connectivity index (χ3v) is 13.5. The molecule has 0 aliphatic heterocycles. The molecule has 5 aliphatic carbocycles. The minimum absolute atomic E-state index is 0.0101. The summed E-state index contributed by atoms with van der Waals surface area (Å²) in [5, 5.41) is 54.7. The predicted molar refractivity (Wildman–Crippen MR) is 136 cm³/mol. The van der Waals surface area contributed by atoms with E-state index < -0.39 is 29.1 Å². The van der Waals surface area contributed by atoms with E-state index in [9.17, 15) is 25.5 Å². The predicted octanol–water partition coefficient (Wildman–Crippen LogP) is 4.06. The molecule has 0 aromatic rings. The molecule has 5 aliphatic rings. The van der Waals surface area contributed by atoms with Gasteiger partial charge in [0.25, 0.3) is 0 Å². The summed E-state index contributed by atoms with van der Waals surface area (Å²) in [5.74, 6) is 0.755. The zero-order valence-electron chi connectivity index (χ0n) is 22.8. The number of fused-ring (bicyclic) bond motifs is 7. The van der Waals surface area contributed by atoms with Crippen molar-refractivity contribution in [1.29, 1.82) is 0 Å². The molecule has 5 rings (SSSR count). The largest absolute Gasteiger partial charge is 0.396 e. The number of aliphatic hydroxyl groups excluding tert-OH is 5. The lowest BCUT2D eigenvalue weighted by atomic mass is 9.33. The number of hydrogen-bond acceptors (Lipinski definition) is 5. The van der Waals surface area contributed by atoms with Crippen LogP contribution in [0, 0.1) is 50.2 Å². The van der Waals surface area contributed by atoms with E-state index >= 15 is 0 Å². The van der Waals surface area contributed by atoms with Gasteiger partial charge in [0.2, 0.25) is 0 Å². The summed E-state index contributed by atoms with van der Waals surface area (Å²) in [5.41, 5.74) is -0.159. The molecule has 4 saturated carbocycles.